The van der Waals surface area contributed by atoms with Crippen LogP contribution in [0.25, 0.3) is 5.69 Å². The smallest absolute Gasteiger partial charge is 0.235 e. The first-order chi connectivity index (χ1) is 12.1. The van der Waals surface area contributed by atoms with Gasteiger partial charge in [0.1, 0.15) is 12.1 Å². The number of hydrogen-bond donors (Lipinski definition) is 2. The van der Waals surface area contributed by atoms with E-state index in [9.17, 15) is 9.90 Å². The highest BCUT2D eigenvalue weighted by molar-refractivity contribution is 8.00. The van der Waals surface area contributed by atoms with E-state index < -0.39 is 0 Å². The Morgan fingerprint density at radius 3 is 2.80 bits per heavy atom. The van der Waals surface area contributed by atoms with Crippen LogP contribution >= 0.6 is 23.4 Å². The van der Waals surface area contributed by atoms with Gasteiger partial charge in [0.25, 0.3) is 0 Å². The fraction of sp³-hybridized carbons (Fsp3) is 0.111. The van der Waals surface area contributed by atoms with Gasteiger partial charge in [-0.05, 0) is 29.8 Å². The summed E-state index contributed by atoms with van der Waals surface area (Å²) in [7, 11) is 0. The number of phenolic OH excluding ortho intramolecular Hbond substituents is 1. The number of anilines is 1. The fourth-order valence-corrected chi connectivity index (χ4v) is 4.15. The molecule has 1 atom stereocenters. The van der Waals surface area contributed by atoms with Gasteiger partial charge in [0.15, 0.2) is 5.82 Å². The first kappa shape index (κ1) is 16.1. The Labute approximate surface area is 153 Å². The molecule has 0 saturated carbocycles. The number of rotatable bonds is 2. The number of amides is 1. The first-order valence-electron chi connectivity index (χ1n) is 7.66. The zero-order valence-corrected chi connectivity index (χ0v) is 14.6. The maximum absolute atomic E-state index is 12.0. The van der Waals surface area contributed by atoms with E-state index in [0.717, 1.165) is 16.9 Å². The van der Waals surface area contributed by atoms with Crippen LogP contribution in [0.1, 0.15) is 16.5 Å². The number of halogens is 1. The van der Waals surface area contributed by atoms with Crippen molar-refractivity contribution in [3.63, 3.8) is 0 Å². The minimum Gasteiger partial charge on any atom is -0.506 e. The van der Waals surface area contributed by atoms with Crippen molar-refractivity contribution >= 4 is 35.1 Å². The van der Waals surface area contributed by atoms with Gasteiger partial charge in [-0.25, -0.2) is 4.98 Å². The number of imidazole rings is 1. The minimum absolute atomic E-state index is 0.0371. The van der Waals surface area contributed by atoms with Gasteiger partial charge < -0.3 is 10.4 Å². The number of nitrogens with zero attached hydrogens (tertiary/aromatic N) is 2. The Balaban J connectivity index is 1.88. The van der Waals surface area contributed by atoms with Crippen LogP contribution in [0.3, 0.4) is 0 Å². The molecule has 0 bridgehead atoms. The molecule has 2 N–H and O–H groups in total. The molecule has 1 aromatic heterocycles. The van der Waals surface area contributed by atoms with Crippen LogP contribution in [0.2, 0.25) is 5.02 Å². The monoisotopic (exact) mass is 371 g/mol. The largest absolute Gasteiger partial charge is 0.506 e. The highest BCUT2D eigenvalue weighted by Gasteiger charge is 2.29. The molecular formula is C18H14ClN3O2S. The predicted molar refractivity (Wildman–Crippen MR) is 99.6 cm³/mol. The summed E-state index contributed by atoms with van der Waals surface area (Å²) in [4.78, 5) is 16.4. The van der Waals surface area contributed by atoms with E-state index in [-0.39, 0.29) is 21.9 Å². The van der Waals surface area contributed by atoms with Crippen molar-refractivity contribution < 1.29 is 9.90 Å². The van der Waals surface area contributed by atoms with E-state index in [4.69, 9.17) is 11.6 Å². The molecule has 25 heavy (non-hydrogen) atoms. The molecule has 126 valence electrons. The molecule has 0 aliphatic carbocycles. The maximum atomic E-state index is 12.0. The zero-order valence-electron chi connectivity index (χ0n) is 13.0. The molecule has 0 fully saturated rings. The van der Waals surface area contributed by atoms with Crippen LogP contribution in [-0.2, 0) is 4.79 Å². The second kappa shape index (κ2) is 6.46. The fourth-order valence-electron chi connectivity index (χ4n) is 2.85. The molecule has 2 heterocycles. The van der Waals surface area contributed by atoms with Crippen molar-refractivity contribution in [1.82, 2.24) is 9.55 Å². The number of hydrogen-bond acceptors (Lipinski definition) is 4. The number of phenols is 1. The van der Waals surface area contributed by atoms with Crippen molar-refractivity contribution in [1.29, 1.82) is 0 Å². The molecule has 0 saturated heterocycles. The van der Waals surface area contributed by atoms with E-state index in [0.29, 0.717) is 11.6 Å². The molecule has 1 amide bonds. The second-order valence-corrected chi connectivity index (χ2v) is 7.13. The highest BCUT2D eigenvalue weighted by Crippen LogP contribution is 2.43. The Morgan fingerprint density at radius 1 is 1.24 bits per heavy atom. The van der Waals surface area contributed by atoms with Crippen LogP contribution < -0.4 is 5.32 Å². The molecule has 2 aromatic carbocycles. The van der Waals surface area contributed by atoms with Crippen molar-refractivity contribution in [2.45, 2.75) is 5.25 Å². The topological polar surface area (TPSA) is 67.1 Å². The number of aromatic hydroxyl groups is 1. The number of carbonyl (C=O) groups excluding carboxylic acids is 1. The maximum Gasteiger partial charge on any atom is 0.235 e. The van der Waals surface area contributed by atoms with Crippen LogP contribution in [0.5, 0.6) is 5.75 Å². The lowest BCUT2D eigenvalue weighted by Gasteiger charge is -2.18. The third-order valence-corrected chi connectivity index (χ3v) is 5.56. The van der Waals surface area contributed by atoms with Crippen molar-refractivity contribution in [2.24, 2.45) is 0 Å². The lowest BCUT2D eigenvalue weighted by Crippen LogP contribution is -2.12. The number of nitrogens with one attached hydrogen (secondary N) is 1. The summed E-state index contributed by atoms with van der Waals surface area (Å²) in [5.74, 6) is 0.814. The Bertz CT molecular complexity index is 943. The Hall–Kier alpha value is -2.44. The highest BCUT2D eigenvalue weighted by atomic mass is 35.5. The molecule has 4 rings (SSSR count). The Morgan fingerprint density at radius 2 is 2.04 bits per heavy atom. The first-order valence-corrected chi connectivity index (χ1v) is 9.08. The van der Waals surface area contributed by atoms with Gasteiger partial charge in [0, 0.05) is 5.69 Å². The molecule has 0 radical (unpaired) electrons. The normalized spacial score (nSPS) is 16.8. The van der Waals surface area contributed by atoms with Gasteiger partial charge in [-0.2, -0.15) is 0 Å². The molecule has 3 aromatic rings. The summed E-state index contributed by atoms with van der Waals surface area (Å²) in [5, 5.41) is 12.7. The summed E-state index contributed by atoms with van der Waals surface area (Å²) in [6.45, 7) is 0. The van der Waals surface area contributed by atoms with Gasteiger partial charge in [0.2, 0.25) is 5.91 Å². The second-order valence-electron chi connectivity index (χ2n) is 5.63. The summed E-state index contributed by atoms with van der Waals surface area (Å²) in [6, 6.07) is 15.0. The number of para-hydroxylation sites is 1. The number of benzene rings is 2. The quantitative estimate of drug-likeness (QED) is 0.714. The van der Waals surface area contributed by atoms with Crippen molar-refractivity contribution in [3.05, 3.63) is 71.1 Å². The molecule has 5 nitrogen and oxygen atoms in total. The zero-order chi connectivity index (χ0) is 17.4. The molecule has 7 heteroatoms. The van der Waals surface area contributed by atoms with Gasteiger partial charge in [-0.3, -0.25) is 9.36 Å². The molecular weight excluding hydrogens is 358 g/mol. The molecule has 1 aliphatic rings. The number of aromatic nitrogens is 2. The average molecular weight is 372 g/mol. The van der Waals surface area contributed by atoms with Gasteiger partial charge in [-0.1, -0.05) is 35.9 Å². The third-order valence-electron chi connectivity index (χ3n) is 4.00. The molecule has 0 unspecified atom stereocenters. The predicted octanol–water partition coefficient (Wildman–Crippen LogP) is 4.01. The minimum atomic E-state index is -0.144. The van der Waals surface area contributed by atoms with Crippen LogP contribution in [0.15, 0.2) is 54.9 Å². The van der Waals surface area contributed by atoms with Crippen LogP contribution in [-0.4, -0.2) is 26.3 Å². The van der Waals surface area contributed by atoms with E-state index >= 15 is 0 Å². The third kappa shape index (κ3) is 2.99. The summed E-state index contributed by atoms with van der Waals surface area (Å²) in [6.07, 6.45) is 1.71. The van der Waals surface area contributed by atoms with E-state index in [1.165, 1.54) is 11.8 Å². The van der Waals surface area contributed by atoms with Gasteiger partial charge >= 0.3 is 0 Å². The van der Waals surface area contributed by atoms with E-state index in [2.05, 4.69) is 10.3 Å². The van der Waals surface area contributed by atoms with Gasteiger partial charge in [0.05, 0.1) is 21.7 Å². The lowest BCUT2D eigenvalue weighted by atomic mass is 10.1. The van der Waals surface area contributed by atoms with Crippen LogP contribution in [0, 0.1) is 0 Å². The number of fused-ring (bicyclic) bond motifs is 1. The summed E-state index contributed by atoms with van der Waals surface area (Å²) < 4.78 is 1.97. The Kier molecular flexibility index (Phi) is 4.15. The lowest BCUT2D eigenvalue weighted by molar-refractivity contribution is -0.113. The standard InChI is InChI=1S/C18H14ClN3O2S/c19-13-8-11(6-7-14(13)23)17-16-18(21-15(24)9-25-17)20-10-22(16)12-4-2-1-3-5-12/h1-8,10,17,23H,9H2,(H,21,24)/t17-/m0/s1. The van der Waals surface area contributed by atoms with E-state index in [1.807, 2.05) is 41.0 Å². The summed E-state index contributed by atoms with van der Waals surface area (Å²) in [5.41, 5.74) is 2.75. The van der Waals surface area contributed by atoms with Gasteiger partial charge in [-0.15, -0.1) is 11.8 Å². The van der Waals surface area contributed by atoms with Crippen molar-refractivity contribution in [3.8, 4) is 11.4 Å². The molecule has 1 aliphatic heterocycles. The summed E-state index contributed by atoms with van der Waals surface area (Å²) >= 11 is 7.60. The number of thioether (sulfide) groups is 1. The van der Waals surface area contributed by atoms with Crippen LogP contribution in [0.4, 0.5) is 5.82 Å². The van der Waals surface area contributed by atoms with E-state index in [1.54, 1.807) is 18.5 Å². The average Bonchev–Trinajstić information content (AvgIpc) is 2.94. The number of carbonyl (C=O) groups is 1. The SMILES string of the molecule is O=C1CS[C@@H](c2ccc(O)c(Cl)c2)c2c(ncn2-c2ccccc2)N1. The van der Waals surface area contributed by atoms with Crippen molar-refractivity contribution in [2.75, 3.05) is 11.1 Å². The molecule has 0 spiro atoms.